The number of hydrogen-bond donors (Lipinski definition) is 2. The highest BCUT2D eigenvalue weighted by atomic mass is 16.5. The van der Waals surface area contributed by atoms with E-state index in [9.17, 15) is 4.79 Å². The molecule has 5 nitrogen and oxygen atoms in total. The smallest absolute Gasteiger partial charge is 0.251 e. The number of carbonyl (C=O) groups excluding carboxylic acids is 1. The third-order valence-corrected chi connectivity index (χ3v) is 7.51. The monoisotopic (exact) mass is 529 g/mol. The lowest BCUT2D eigenvalue weighted by Gasteiger charge is -2.20. The molecule has 1 saturated heterocycles. The summed E-state index contributed by atoms with van der Waals surface area (Å²) in [7, 11) is 0. The second-order valence-electron chi connectivity index (χ2n) is 10.6. The fraction of sp³-hybridized carbons (Fsp3) is 0.471. The highest BCUT2D eigenvalue weighted by Gasteiger charge is 2.22. The number of pyridine rings is 1. The van der Waals surface area contributed by atoms with Crippen molar-refractivity contribution < 1.29 is 9.53 Å². The van der Waals surface area contributed by atoms with Gasteiger partial charge in [0.2, 0.25) is 0 Å². The summed E-state index contributed by atoms with van der Waals surface area (Å²) in [6.07, 6.45) is 15.2. The van der Waals surface area contributed by atoms with Crippen molar-refractivity contribution in [2.45, 2.75) is 92.2 Å². The summed E-state index contributed by atoms with van der Waals surface area (Å²) >= 11 is 0. The summed E-state index contributed by atoms with van der Waals surface area (Å²) in [6, 6.07) is 12.2. The van der Waals surface area contributed by atoms with Crippen molar-refractivity contribution in [2.24, 2.45) is 5.92 Å². The van der Waals surface area contributed by atoms with Crippen LogP contribution in [-0.2, 0) is 11.3 Å². The summed E-state index contributed by atoms with van der Waals surface area (Å²) < 4.78 is 6.16. The van der Waals surface area contributed by atoms with Gasteiger partial charge in [0.15, 0.2) is 0 Å². The molecular weight excluding hydrogens is 482 g/mol. The summed E-state index contributed by atoms with van der Waals surface area (Å²) in [5, 5.41) is 6.90. The number of aromatic nitrogens is 1. The molecule has 2 unspecified atom stereocenters. The fourth-order valence-electron chi connectivity index (χ4n) is 4.88. The predicted molar refractivity (Wildman–Crippen MR) is 162 cm³/mol. The average Bonchev–Trinajstić information content (AvgIpc) is 3.45. The molecule has 0 spiro atoms. The quantitative estimate of drug-likeness (QED) is 0.260. The fourth-order valence-corrected chi connectivity index (χ4v) is 4.88. The Morgan fingerprint density at radius 3 is 2.59 bits per heavy atom. The first-order valence-corrected chi connectivity index (χ1v) is 14.7. The lowest BCUT2D eigenvalue weighted by atomic mass is 9.97. The summed E-state index contributed by atoms with van der Waals surface area (Å²) in [5.74, 6) is 1.65. The van der Waals surface area contributed by atoms with Crippen LogP contribution in [0.1, 0.15) is 101 Å². The van der Waals surface area contributed by atoms with E-state index < -0.39 is 0 Å². The number of hydrogen-bond acceptors (Lipinski definition) is 4. The third kappa shape index (κ3) is 9.12. The Morgan fingerprint density at radius 1 is 1.08 bits per heavy atom. The van der Waals surface area contributed by atoms with Crippen LogP contribution in [0.2, 0.25) is 0 Å². The number of rotatable bonds is 14. The molecule has 1 aliphatic rings. The van der Waals surface area contributed by atoms with E-state index in [-0.39, 0.29) is 11.9 Å². The van der Waals surface area contributed by atoms with E-state index in [0.717, 1.165) is 72.2 Å². The lowest BCUT2D eigenvalue weighted by Crippen LogP contribution is -2.35. The van der Waals surface area contributed by atoms with Gasteiger partial charge in [-0.25, -0.2) is 0 Å². The van der Waals surface area contributed by atoms with Crippen molar-refractivity contribution in [1.29, 1.82) is 0 Å². The van der Waals surface area contributed by atoms with Crippen LogP contribution in [0.3, 0.4) is 0 Å². The molecule has 2 atom stereocenters. The number of carbonyl (C=O) groups is 1. The minimum absolute atomic E-state index is 0.0219. The zero-order valence-electron chi connectivity index (χ0n) is 24.6. The van der Waals surface area contributed by atoms with Crippen molar-refractivity contribution >= 4 is 11.5 Å². The summed E-state index contributed by atoms with van der Waals surface area (Å²) in [4.78, 5) is 17.3. The number of allylic oxidation sites excluding steroid dienone is 5. The van der Waals surface area contributed by atoms with Crippen LogP contribution in [0.5, 0.6) is 0 Å². The number of benzene rings is 1. The lowest BCUT2D eigenvalue weighted by molar-refractivity contribution is 0.0931. The van der Waals surface area contributed by atoms with Gasteiger partial charge in [0.25, 0.3) is 5.91 Å². The van der Waals surface area contributed by atoms with E-state index in [1.165, 1.54) is 12.0 Å². The molecule has 1 aromatic carbocycles. The molecule has 39 heavy (non-hydrogen) atoms. The molecule has 1 aliphatic heterocycles. The minimum Gasteiger partial charge on any atom is -0.492 e. The number of nitrogens with zero attached hydrogens (tertiary/aromatic N) is 1. The van der Waals surface area contributed by atoms with Gasteiger partial charge in [-0.15, -0.1) is 0 Å². The maximum Gasteiger partial charge on any atom is 0.251 e. The van der Waals surface area contributed by atoms with Gasteiger partial charge in [0.05, 0.1) is 6.61 Å². The second-order valence-corrected chi connectivity index (χ2v) is 10.6. The molecule has 0 radical (unpaired) electrons. The predicted octanol–water partition coefficient (Wildman–Crippen LogP) is 7.97. The first-order valence-electron chi connectivity index (χ1n) is 14.7. The Labute approximate surface area is 235 Å². The number of nitrogens with one attached hydrogen (secondary N) is 2. The van der Waals surface area contributed by atoms with E-state index in [0.29, 0.717) is 19.1 Å². The standard InChI is InChI=1S/C34H47N3O2/c1-6-9-14-32(28-17-20-35-21-18-28)33-31(19-22-39-33)26(5)36-24-27-12-10-13-29(23-27)34(38)37-30(11-7-2)16-15-25(4)8-3/h9-10,12-14,17-18,20-21,23,25,30,36H,6-8,11,15-16,19,22,24H2,1-5H3,(H,37,38)/b14-9+,31-26+,33-32-. The van der Waals surface area contributed by atoms with Crippen molar-refractivity contribution in [3.63, 3.8) is 0 Å². The van der Waals surface area contributed by atoms with Crippen molar-refractivity contribution in [1.82, 2.24) is 15.6 Å². The molecule has 1 fully saturated rings. The maximum atomic E-state index is 13.1. The molecule has 2 N–H and O–H groups in total. The van der Waals surface area contributed by atoms with Gasteiger partial charge in [-0.2, -0.15) is 0 Å². The van der Waals surface area contributed by atoms with Gasteiger partial charge in [-0.05, 0) is 73.9 Å². The van der Waals surface area contributed by atoms with E-state index in [1.54, 1.807) is 0 Å². The van der Waals surface area contributed by atoms with Gasteiger partial charge >= 0.3 is 0 Å². The van der Waals surface area contributed by atoms with Crippen molar-refractivity contribution in [3.8, 4) is 0 Å². The highest BCUT2D eigenvalue weighted by Crippen LogP contribution is 2.34. The van der Waals surface area contributed by atoms with Crippen LogP contribution >= 0.6 is 0 Å². The molecule has 210 valence electrons. The zero-order valence-corrected chi connectivity index (χ0v) is 24.6. The van der Waals surface area contributed by atoms with Crippen molar-refractivity contribution in [3.05, 3.63) is 94.7 Å². The van der Waals surface area contributed by atoms with Crippen LogP contribution in [0.4, 0.5) is 0 Å². The molecule has 2 heterocycles. The Morgan fingerprint density at radius 2 is 1.87 bits per heavy atom. The van der Waals surface area contributed by atoms with Gasteiger partial charge in [-0.3, -0.25) is 9.78 Å². The van der Waals surface area contributed by atoms with Gasteiger partial charge < -0.3 is 15.4 Å². The largest absolute Gasteiger partial charge is 0.492 e. The van der Waals surface area contributed by atoms with E-state index in [2.05, 4.69) is 68.5 Å². The molecule has 0 saturated carbocycles. The van der Waals surface area contributed by atoms with Gasteiger partial charge in [0, 0.05) is 53.8 Å². The second kappa shape index (κ2) is 15.9. The Balaban J connectivity index is 1.73. The molecular formula is C34H47N3O2. The van der Waals surface area contributed by atoms with E-state index in [4.69, 9.17) is 4.74 Å². The summed E-state index contributed by atoms with van der Waals surface area (Å²) in [6.45, 7) is 12.3. The summed E-state index contributed by atoms with van der Waals surface area (Å²) in [5.41, 5.74) is 6.28. The highest BCUT2D eigenvalue weighted by molar-refractivity contribution is 5.94. The van der Waals surface area contributed by atoms with Crippen LogP contribution < -0.4 is 10.6 Å². The van der Waals surface area contributed by atoms with Gasteiger partial charge in [-0.1, -0.05) is 64.8 Å². The number of amides is 1. The zero-order chi connectivity index (χ0) is 28.0. The molecule has 0 aliphatic carbocycles. The Hall–Kier alpha value is -3.34. The minimum atomic E-state index is 0.0219. The first-order chi connectivity index (χ1) is 19.0. The van der Waals surface area contributed by atoms with Crippen LogP contribution in [0.15, 0.2) is 78.0 Å². The first kappa shape index (κ1) is 30.2. The molecule has 2 aromatic rings. The maximum absolute atomic E-state index is 13.1. The van der Waals surface area contributed by atoms with Crippen molar-refractivity contribution in [2.75, 3.05) is 6.61 Å². The third-order valence-electron chi connectivity index (χ3n) is 7.51. The average molecular weight is 530 g/mol. The Bertz CT molecular complexity index is 1150. The number of ether oxygens (including phenoxy) is 1. The van der Waals surface area contributed by atoms with Crippen LogP contribution in [-0.4, -0.2) is 23.5 Å². The van der Waals surface area contributed by atoms with E-state index >= 15 is 0 Å². The molecule has 5 heteroatoms. The van der Waals surface area contributed by atoms with Crippen LogP contribution in [0, 0.1) is 5.92 Å². The van der Waals surface area contributed by atoms with E-state index in [1.807, 2.05) is 42.7 Å². The van der Waals surface area contributed by atoms with Crippen LogP contribution in [0.25, 0.3) is 5.57 Å². The molecule has 3 rings (SSSR count). The molecule has 1 aromatic heterocycles. The normalized spacial score (nSPS) is 17.5. The van der Waals surface area contributed by atoms with Gasteiger partial charge in [0.1, 0.15) is 5.76 Å². The molecule has 0 bridgehead atoms. The molecule has 1 amide bonds. The Kier molecular flexibility index (Phi) is 12.3. The SMILES string of the molecule is CC/C=C/C(=C1/OCC/C1=C(/C)NCc1cccc(C(=O)NC(CCC)CCC(C)CC)c1)c1ccncc1. The topological polar surface area (TPSA) is 63.2 Å².